The first-order valence-electron chi connectivity index (χ1n) is 5.86. The zero-order chi connectivity index (χ0) is 13.3. The zero-order valence-electron chi connectivity index (χ0n) is 10.8. The van der Waals surface area contributed by atoms with Crippen molar-refractivity contribution in [2.45, 2.75) is 20.8 Å². The molecule has 0 atom stereocenters. The second-order valence-corrected chi connectivity index (χ2v) is 4.61. The van der Waals surface area contributed by atoms with Crippen LogP contribution in [0.1, 0.15) is 27.0 Å². The molecule has 2 rings (SSSR count). The van der Waals surface area contributed by atoms with E-state index in [2.05, 4.69) is 6.07 Å². The fraction of sp³-hybridized carbons (Fsp3) is 0.188. The van der Waals surface area contributed by atoms with Crippen LogP contribution < -0.4 is 0 Å². The lowest BCUT2D eigenvalue weighted by Gasteiger charge is -2.11. The van der Waals surface area contributed by atoms with Crippen LogP contribution in [0.5, 0.6) is 0 Å². The fourth-order valence-electron chi connectivity index (χ4n) is 2.07. The summed E-state index contributed by atoms with van der Waals surface area (Å²) in [4.78, 5) is 10.6. The van der Waals surface area contributed by atoms with E-state index in [0.29, 0.717) is 17.4 Å². The van der Waals surface area contributed by atoms with E-state index in [4.69, 9.17) is 0 Å². The highest BCUT2D eigenvalue weighted by molar-refractivity contribution is 5.78. The van der Waals surface area contributed by atoms with E-state index in [9.17, 15) is 9.18 Å². The molecule has 1 nitrogen and oxygen atoms in total. The molecule has 0 saturated carbocycles. The molecule has 2 aromatic carbocycles. The molecule has 0 N–H and O–H groups in total. The van der Waals surface area contributed by atoms with Gasteiger partial charge in [-0.1, -0.05) is 24.3 Å². The average Bonchev–Trinajstić information content (AvgIpc) is 2.34. The van der Waals surface area contributed by atoms with Gasteiger partial charge in [0.1, 0.15) is 12.1 Å². The fourth-order valence-corrected chi connectivity index (χ4v) is 2.07. The molecule has 2 heteroatoms. The van der Waals surface area contributed by atoms with Crippen LogP contribution in [0.15, 0.2) is 30.3 Å². The van der Waals surface area contributed by atoms with Crippen LogP contribution in [0.3, 0.4) is 0 Å². The second-order valence-electron chi connectivity index (χ2n) is 4.61. The number of aryl methyl sites for hydroxylation is 3. The molecule has 0 unspecified atom stereocenters. The van der Waals surface area contributed by atoms with Crippen LogP contribution in [0.25, 0.3) is 11.1 Å². The quantitative estimate of drug-likeness (QED) is 0.720. The first-order valence-corrected chi connectivity index (χ1v) is 5.86. The zero-order valence-corrected chi connectivity index (χ0v) is 10.8. The third kappa shape index (κ3) is 2.19. The van der Waals surface area contributed by atoms with Crippen molar-refractivity contribution in [3.05, 3.63) is 58.4 Å². The SMILES string of the molecule is Cc1cc(C)c(-c2ccc(C=O)cc2F)cc1C. The van der Waals surface area contributed by atoms with Gasteiger partial charge in [-0.15, -0.1) is 0 Å². The standard InChI is InChI=1S/C16H15FO/c1-10-6-12(3)15(7-11(10)2)14-5-4-13(9-18)8-16(14)17/h4-9H,1-3H3. The number of rotatable bonds is 2. The third-order valence-electron chi connectivity index (χ3n) is 3.26. The Balaban J connectivity index is 2.62. The van der Waals surface area contributed by atoms with Gasteiger partial charge in [-0.2, -0.15) is 0 Å². The second kappa shape index (κ2) is 4.73. The number of aldehydes is 1. The van der Waals surface area contributed by atoms with Gasteiger partial charge in [0, 0.05) is 11.1 Å². The molecule has 0 spiro atoms. The van der Waals surface area contributed by atoms with Crippen molar-refractivity contribution in [1.29, 1.82) is 0 Å². The largest absolute Gasteiger partial charge is 0.298 e. The minimum atomic E-state index is -0.356. The number of carbonyl (C=O) groups is 1. The Labute approximate surface area is 106 Å². The summed E-state index contributed by atoms with van der Waals surface area (Å²) in [6.45, 7) is 6.02. The van der Waals surface area contributed by atoms with Gasteiger partial charge >= 0.3 is 0 Å². The number of carbonyl (C=O) groups excluding carboxylic acids is 1. The van der Waals surface area contributed by atoms with E-state index < -0.39 is 0 Å². The van der Waals surface area contributed by atoms with Crippen molar-refractivity contribution in [2.24, 2.45) is 0 Å². The summed E-state index contributed by atoms with van der Waals surface area (Å²) in [6.07, 6.45) is 0.653. The van der Waals surface area contributed by atoms with Crippen molar-refractivity contribution in [2.75, 3.05) is 0 Å². The molecule has 2 aromatic rings. The van der Waals surface area contributed by atoms with Gasteiger partial charge in [-0.25, -0.2) is 4.39 Å². The summed E-state index contributed by atoms with van der Waals surface area (Å²) in [5.41, 5.74) is 5.15. The van der Waals surface area contributed by atoms with E-state index in [1.54, 1.807) is 12.1 Å². The normalized spacial score (nSPS) is 10.4. The first-order chi connectivity index (χ1) is 8.52. The minimum absolute atomic E-state index is 0.356. The predicted octanol–water partition coefficient (Wildman–Crippen LogP) is 4.23. The van der Waals surface area contributed by atoms with Crippen molar-refractivity contribution in [3.63, 3.8) is 0 Å². The number of benzene rings is 2. The monoisotopic (exact) mass is 242 g/mol. The Morgan fingerprint density at radius 1 is 0.889 bits per heavy atom. The molecule has 18 heavy (non-hydrogen) atoms. The number of hydrogen-bond donors (Lipinski definition) is 0. The Hall–Kier alpha value is -1.96. The van der Waals surface area contributed by atoms with Gasteiger partial charge < -0.3 is 0 Å². The Bertz CT molecular complexity index is 615. The molecule has 0 aliphatic carbocycles. The maximum atomic E-state index is 14.0. The first kappa shape index (κ1) is 12.5. The summed E-state index contributed by atoms with van der Waals surface area (Å²) < 4.78 is 14.0. The predicted molar refractivity (Wildman–Crippen MR) is 71.4 cm³/mol. The van der Waals surface area contributed by atoms with Crippen molar-refractivity contribution in [3.8, 4) is 11.1 Å². The molecule has 0 aromatic heterocycles. The van der Waals surface area contributed by atoms with E-state index in [0.717, 1.165) is 16.7 Å². The number of halogens is 1. The smallest absolute Gasteiger partial charge is 0.150 e. The van der Waals surface area contributed by atoms with Gasteiger partial charge in [0.25, 0.3) is 0 Å². The van der Waals surface area contributed by atoms with E-state index >= 15 is 0 Å². The molecular weight excluding hydrogens is 227 g/mol. The average molecular weight is 242 g/mol. The van der Waals surface area contributed by atoms with Crippen LogP contribution in [0, 0.1) is 26.6 Å². The van der Waals surface area contributed by atoms with Crippen LogP contribution >= 0.6 is 0 Å². The highest BCUT2D eigenvalue weighted by atomic mass is 19.1. The summed E-state index contributed by atoms with van der Waals surface area (Å²) >= 11 is 0. The lowest BCUT2D eigenvalue weighted by Crippen LogP contribution is -1.93. The lowest BCUT2D eigenvalue weighted by atomic mass is 9.95. The molecule has 0 bridgehead atoms. The van der Waals surface area contributed by atoms with Crippen molar-refractivity contribution >= 4 is 6.29 Å². The molecule has 0 aliphatic rings. The minimum Gasteiger partial charge on any atom is -0.298 e. The Morgan fingerprint density at radius 2 is 1.56 bits per heavy atom. The van der Waals surface area contributed by atoms with Crippen LogP contribution in [0.2, 0.25) is 0 Å². The van der Waals surface area contributed by atoms with Gasteiger partial charge in [0.15, 0.2) is 0 Å². The van der Waals surface area contributed by atoms with Gasteiger partial charge in [0.05, 0.1) is 0 Å². The van der Waals surface area contributed by atoms with Gasteiger partial charge in [0.2, 0.25) is 0 Å². The summed E-state index contributed by atoms with van der Waals surface area (Å²) in [5, 5.41) is 0. The Morgan fingerprint density at radius 3 is 2.17 bits per heavy atom. The lowest BCUT2D eigenvalue weighted by molar-refractivity contribution is 0.112. The topological polar surface area (TPSA) is 17.1 Å². The van der Waals surface area contributed by atoms with Crippen molar-refractivity contribution < 1.29 is 9.18 Å². The molecule has 0 saturated heterocycles. The molecule has 0 radical (unpaired) electrons. The van der Waals surface area contributed by atoms with Gasteiger partial charge in [-0.05, 0) is 49.1 Å². The van der Waals surface area contributed by atoms with Crippen LogP contribution in [0.4, 0.5) is 4.39 Å². The molecule has 0 amide bonds. The van der Waals surface area contributed by atoms with E-state index in [1.807, 2.05) is 26.8 Å². The van der Waals surface area contributed by atoms with Crippen LogP contribution in [-0.2, 0) is 0 Å². The third-order valence-corrected chi connectivity index (χ3v) is 3.26. The van der Waals surface area contributed by atoms with E-state index in [1.165, 1.54) is 11.6 Å². The number of hydrogen-bond acceptors (Lipinski definition) is 1. The van der Waals surface area contributed by atoms with Gasteiger partial charge in [-0.3, -0.25) is 4.79 Å². The maximum absolute atomic E-state index is 14.0. The molecule has 0 heterocycles. The molecule has 0 fully saturated rings. The summed E-state index contributed by atoms with van der Waals surface area (Å²) in [7, 11) is 0. The Kier molecular flexibility index (Phi) is 3.28. The highest BCUT2D eigenvalue weighted by Crippen LogP contribution is 2.28. The highest BCUT2D eigenvalue weighted by Gasteiger charge is 2.10. The van der Waals surface area contributed by atoms with Crippen molar-refractivity contribution in [1.82, 2.24) is 0 Å². The van der Waals surface area contributed by atoms with Crippen LogP contribution in [-0.4, -0.2) is 6.29 Å². The summed E-state index contributed by atoms with van der Waals surface area (Å²) in [6, 6.07) is 8.62. The molecule has 0 aliphatic heterocycles. The van der Waals surface area contributed by atoms with E-state index in [-0.39, 0.29) is 5.82 Å². The maximum Gasteiger partial charge on any atom is 0.150 e. The molecule has 92 valence electrons. The summed E-state index contributed by atoms with van der Waals surface area (Å²) in [5.74, 6) is -0.356. The molecular formula is C16H15FO.